The van der Waals surface area contributed by atoms with E-state index in [-0.39, 0.29) is 24.6 Å². The normalized spacial score (nSPS) is 15.4. The van der Waals surface area contributed by atoms with E-state index < -0.39 is 5.97 Å². The number of hydrogen-bond acceptors (Lipinski definition) is 5. The van der Waals surface area contributed by atoms with Crippen LogP contribution in [0.1, 0.15) is 10.5 Å². The molecule has 0 amide bonds. The van der Waals surface area contributed by atoms with Gasteiger partial charge in [0.05, 0.1) is 25.6 Å². The van der Waals surface area contributed by atoms with Crippen molar-refractivity contribution in [3.63, 3.8) is 0 Å². The molecule has 1 aliphatic heterocycles. The molecular formula is C9H12LiN3O3. The third-order valence-electron chi connectivity index (χ3n) is 2.19. The Hall–Kier alpha value is -1.09. The van der Waals surface area contributed by atoms with Crippen LogP contribution >= 0.6 is 0 Å². The molecule has 2 rings (SSSR count). The van der Waals surface area contributed by atoms with Crippen LogP contribution < -0.4 is 4.90 Å². The predicted octanol–water partition coefficient (Wildman–Crippen LogP) is -0.637. The van der Waals surface area contributed by atoms with Crippen molar-refractivity contribution < 1.29 is 14.6 Å². The second-order valence-corrected chi connectivity index (χ2v) is 3.16. The molecule has 1 fully saturated rings. The fraction of sp³-hybridized carbons (Fsp3) is 0.444. The SMILES string of the molecule is O=C(O)c1cnc(N2CCOCC2)cn1.[LiH]. The molecule has 0 bridgehead atoms. The first kappa shape index (κ1) is 13.0. The minimum atomic E-state index is -1.06. The summed E-state index contributed by atoms with van der Waals surface area (Å²) in [4.78, 5) is 20.4. The van der Waals surface area contributed by atoms with Gasteiger partial charge in [0, 0.05) is 13.1 Å². The number of rotatable bonds is 2. The Kier molecular flexibility index (Phi) is 4.74. The first-order valence-electron chi connectivity index (χ1n) is 4.65. The van der Waals surface area contributed by atoms with Crippen molar-refractivity contribution in [3.05, 3.63) is 18.1 Å². The van der Waals surface area contributed by atoms with Crippen molar-refractivity contribution in [1.82, 2.24) is 9.97 Å². The van der Waals surface area contributed by atoms with E-state index in [1.54, 1.807) is 0 Å². The number of aromatic carboxylic acids is 1. The summed E-state index contributed by atoms with van der Waals surface area (Å²) in [6.07, 6.45) is 2.75. The maximum atomic E-state index is 10.6. The molecule has 1 saturated heterocycles. The summed E-state index contributed by atoms with van der Waals surface area (Å²) >= 11 is 0. The van der Waals surface area contributed by atoms with Gasteiger partial charge in [0.1, 0.15) is 5.82 Å². The van der Waals surface area contributed by atoms with Gasteiger partial charge in [0.25, 0.3) is 0 Å². The Labute approximate surface area is 105 Å². The van der Waals surface area contributed by atoms with Crippen LogP contribution in [0.2, 0.25) is 0 Å². The van der Waals surface area contributed by atoms with Crippen LogP contribution in [0.15, 0.2) is 12.4 Å². The topological polar surface area (TPSA) is 75.5 Å². The summed E-state index contributed by atoms with van der Waals surface area (Å²) in [7, 11) is 0. The van der Waals surface area contributed by atoms with E-state index in [4.69, 9.17) is 9.84 Å². The van der Waals surface area contributed by atoms with Crippen LogP contribution in [0.5, 0.6) is 0 Å². The van der Waals surface area contributed by atoms with Crippen LogP contribution in [0.4, 0.5) is 5.82 Å². The molecule has 7 heteroatoms. The molecule has 0 spiro atoms. The van der Waals surface area contributed by atoms with Crippen LogP contribution in [0.25, 0.3) is 0 Å². The van der Waals surface area contributed by atoms with Crippen LogP contribution in [-0.4, -0.2) is 66.2 Å². The third-order valence-corrected chi connectivity index (χ3v) is 2.19. The van der Waals surface area contributed by atoms with Crippen LogP contribution in [0, 0.1) is 0 Å². The molecule has 0 unspecified atom stereocenters. The second kappa shape index (κ2) is 5.85. The van der Waals surface area contributed by atoms with E-state index in [0.29, 0.717) is 19.0 Å². The molecule has 0 aliphatic carbocycles. The average molecular weight is 217 g/mol. The molecule has 6 nitrogen and oxygen atoms in total. The molecule has 0 saturated carbocycles. The van der Waals surface area contributed by atoms with Gasteiger partial charge in [-0.15, -0.1) is 0 Å². The zero-order chi connectivity index (χ0) is 10.7. The first-order valence-corrected chi connectivity index (χ1v) is 4.65. The van der Waals surface area contributed by atoms with Gasteiger partial charge in [-0.05, 0) is 0 Å². The Morgan fingerprint density at radius 3 is 2.50 bits per heavy atom. The fourth-order valence-electron chi connectivity index (χ4n) is 1.39. The van der Waals surface area contributed by atoms with E-state index in [1.807, 2.05) is 4.90 Å². The molecular weight excluding hydrogens is 205 g/mol. The van der Waals surface area contributed by atoms with Gasteiger partial charge in [-0.25, -0.2) is 14.8 Å². The van der Waals surface area contributed by atoms with E-state index in [9.17, 15) is 4.79 Å². The molecule has 1 N–H and O–H groups in total. The minimum absolute atomic E-state index is 0. The van der Waals surface area contributed by atoms with Crippen molar-refractivity contribution in [2.75, 3.05) is 31.2 Å². The summed E-state index contributed by atoms with van der Waals surface area (Å²) < 4.78 is 5.20. The van der Waals surface area contributed by atoms with Crippen molar-refractivity contribution in [2.24, 2.45) is 0 Å². The Bertz CT molecular complexity index is 352. The molecule has 1 aliphatic rings. The van der Waals surface area contributed by atoms with Crippen molar-refractivity contribution >= 4 is 30.6 Å². The van der Waals surface area contributed by atoms with Gasteiger partial charge < -0.3 is 14.7 Å². The Morgan fingerprint density at radius 2 is 2.00 bits per heavy atom. The summed E-state index contributed by atoms with van der Waals surface area (Å²) in [6.45, 7) is 2.87. The molecule has 1 aromatic heterocycles. The van der Waals surface area contributed by atoms with Gasteiger partial charge >= 0.3 is 24.8 Å². The third kappa shape index (κ3) is 2.95. The second-order valence-electron chi connectivity index (χ2n) is 3.16. The average Bonchev–Trinajstić information content (AvgIpc) is 2.30. The van der Waals surface area contributed by atoms with Crippen LogP contribution in [-0.2, 0) is 4.74 Å². The Balaban J connectivity index is 0.00000128. The number of aromatic nitrogens is 2. The number of nitrogens with zero attached hydrogens (tertiary/aromatic N) is 3. The number of ether oxygens (including phenoxy) is 1. The molecule has 0 aromatic carbocycles. The molecule has 0 radical (unpaired) electrons. The van der Waals surface area contributed by atoms with E-state index >= 15 is 0 Å². The number of carbonyl (C=O) groups is 1. The number of carboxylic acid groups (broad SMARTS) is 1. The zero-order valence-electron chi connectivity index (χ0n) is 8.09. The fourth-order valence-corrected chi connectivity index (χ4v) is 1.39. The number of morpholine rings is 1. The van der Waals surface area contributed by atoms with Gasteiger partial charge in [-0.2, -0.15) is 0 Å². The van der Waals surface area contributed by atoms with E-state index in [2.05, 4.69) is 9.97 Å². The van der Waals surface area contributed by atoms with Crippen molar-refractivity contribution in [3.8, 4) is 0 Å². The van der Waals surface area contributed by atoms with Gasteiger partial charge in [0.2, 0.25) is 0 Å². The van der Waals surface area contributed by atoms with Crippen molar-refractivity contribution in [1.29, 1.82) is 0 Å². The molecule has 2 heterocycles. The first-order chi connectivity index (χ1) is 7.27. The Morgan fingerprint density at radius 1 is 1.31 bits per heavy atom. The van der Waals surface area contributed by atoms with E-state index in [0.717, 1.165) is 13.1 Å². The molecule has 16 heavy (non-hydrogen) atoms. The van der Waals surface area contributed by atoms with Crippen LogP contribution in [0.3, 0.4) is 0 Å². The van der Waals surface area contributed by atoms with Crippen molar-refractivity contribution in [2.45, 2.75) is 0 Å². The summed E-state index contributed by atoms with van der Waals surface area (Å²) in [5.74, 6) is -0.362. The maximum absolute atomic E-state index is 10.6. The molecule has 82 valence electrons. The quantitative estimate of drug-likeness (QED) is 0.664. The monoisotopic (exact) mass is 217 g/mol. The zero-order valence-corrected chi connectivity index (χ0v) is 8.09. The standard InChI is InChI=1S/C9H11N3O3.Li.H/c13-9(14)7-5-11-8(6-10-7)12-1-3-15-4-2-12;;/h5-6H,1-4H2,(H,13,14);;. The number of hydrogen-bond donors (Lipinski definition) is 1. The predicted molar refractivity (Wildman–Crippen MR) is 59.2 cm³/mol. The molecule has 0 atom stereocenters. The summed E-state index contributed by atoms with van der Waals surface area (Å²) in [6, 6.07) is 0. The van der Waals surface area contributed by atoms with Gasteiger partial charge in [-0.1, -0.05) is 0 Å². The van der Waals surface area contributed by atoms with Gasteiger partial charge in [0.15, 0.2) is 5.69 Å². The van der Waals surface area contributed by atoms with Gasteiger partial charge in [-0.3, -0.25) is 0 Å². The summed E-state index contributed by atoms with van der Waals surface area (Å²) in [5, 5.41) is 8.65. The van der Waals surface area contributed by atoms with E-state index in [1.165, 1.54) is 12.4 Å². The molecule has 1 aromatic rings. The number of carboxylic acids is 1. The summed E-state index contributed by atoms with van der Waals surface area (Å²) in [5.41, 5.74) is -0.0352. The number of anilines is 1.